The highest BCUT2D eigenvalue weighted by molar-refractivity contribution is 8.01. The van der Waals surface area contributed by atoms with E-state index >= 15 is 0 Å². The van der Waals surface area contributed by atoms with Gasteiger partial charge in [-0.3, -0.25) is 9.59 Å². The van der Waals surface area contributed by atoms with Gasteiger partial charge >= 0.3 is 0 Å². The lowest BCUT2D eigenvalue weighted by Gasteiger charge is -2.43. The molecule has 1 spiro atoms. The highest BCUT2D eigenvalue weighted by Gasteiger charge is 2.48. The van der Waals surface area contributed by atoms with Crippen LogP contribution in [-0.4, -0.2) is 45.3 Å². The summed E-state index contributed by atoms with van der Waals surface area (Å²) in [5.74, 6) is 0.905. The SMILES string of the molecule is O=C(c1ccc(F)cc1)N1CCC2(CC1)SCC(=O)N2Cc1ccco1. The van der Waals surface area contributed by atoms with Gasteiger partial charge in [-0.15, -0.1) is 11.8 Å². The second-order valence-electron chi connectivity index (χ2n) is 6.59. The zero-order valence-electron chi connectivity index (χ0n) is 14.2. The summed E-state index contributed by atoms with van der Waals surface area (Å²) in [4.78, 5) is 28.4. The highest BCUT2D eigenvalue weighted by Crippen LogP contribution is 2.45. The number of hydrogen-bond donors (Lipinski definition) is 0. The van der Waals surface area contributed by atoms with Gasteiger partial charge < -0.3 is 14.2 Å². The Labute approximate surface area is 155 Å². The molecule has 7 heteroatoms. The summed E-state index contributed by atoms with van der Waals surface area (Å²) in [6, 6.07) is 9.32. The van der Waals surface area contributed by atoms with Crippen molar-refractivity contribution in [1.82, 2.24) is 9.80 Å². The monoisotopic (exact) mass is 374 g/mol. The summed E-state index contributed by atoms with van der Waals surface area (Å²) in [5.41, 5.74) is 0.491. The van der Waals surface area contributed by atoms with Crippen molar-refractivity contribution in [2.45, 2.75) is 24.3 Å². The van der Waals surface area contributed by atoms with Crippen LogP contribution in [0.5, 0.6) is 0 Å². The molecule has 0 unspecified atom stereocenters. The van der Waals surface area contributed by atoms with Gasteiger partial charge in [-0.2, -0.15) is 0 Å². The molecule has 0 bridgehead atoms. The van der Waals surface area contributed by atoms with E-state index in [0.29, 0.717) is 31.0 Å². The van der Waals surface area contributed by atoms with Crippen LogP contribution in [0.4, 0.5) is 4.39 Å². The molecule has 2 amide bonds. The van der Waals surface area contributed by atoms with Gasteiger partial charge in [-0.1, -0.05) is 0 Å². The van der Waals surface area contributed by atoms with Crippen LogP contribution in [0, 0.1) is 5.82 Å². The molecule has 2 aromatic rings. The molecule has 26 heavy (non-hydrogen) atoms. The van der Waals surface area contributed by atoms with Crippen molar-refractivity contribution in [3.63, 3.8) is 0 Å². The molecule has 1 aromatic heterocycles. The van der Waals surface area contributed by atoms with Crippen molar-refractivity contribution >= 4 is 23.6 Å². The molecule has 2 aliphatic heterocycles. The number of thioether (sulfide) groups is 1. The molecule has 3 heterocycles. The van der Waals surface area contributed by atoms with E-state index in [1.165, 1.54) is 24.3 Å². The predicted octanol–water partition coefficient (Wildman–Crippen LogP) is 3.13. The lowest BCUT2D eigenvalue weighted by Crippen LogP contribution is -2.52. The van der Waals surface area contributed by atoms with Crippen molar-refractivity contribution in [3.05, 3.63) is 59.8 Å². The first-order valence-electron chi connectivity index (χ1n) is 8.59. The minimum absolute atomic E-state index is 0.0910. The fourth-order valence-electron chi connectivity index (χ4n) is 3.62. The molecule has 4 rings (SSSR count). The number of carbonyl (C=O) groups is 2. The second kappa shape index (κ2) is 6.79. The average Bonchev–Trinajstić information content (AvgIpc) is 3.27. The van der Waals surface area contributed by atoms with Crippen LogP contribution in [0.2, 0.25) is 0 Å². The third kappa shape index (κ3) is 3.11. The van der Waals surface area contributed by atoms with Crippen molar-refractivity contribution in [1.29, 1.82) is 0 Å². The van der Waals surface area contributed by atoms with Gasteiger partial charge in [0.2, 0.25) is 5.91 Å². The Hall–Kier alpha value is -2.28. The maximum atomic E-state index is 13.1. The molecule has 0 radical (unpaired) electrons. The minimum atomic E-state index is -0.353. The fraction of sp³-hybridized carbons (Fsp3) is 0.368. The van der Waals surface area contributed by atoms with Crippen LogP contribution in [0.25, 0.3) is 0 Å². The number of halogens is 1. The first-order valence-corrected chi connectivity index (χ1v) is 9.58. The minimum Gasteiger partial charge on any atom is -0.467 e. The van der Waals surface area contributed by atoms with Crippen molar-refractivity contribution in [2.75, 3.05) is 18.8 Å². The van der Waals surface area contributed by atoms with E-state index in [-0.39, 0.29) is 22.5 Å². The third-order valence-electron chi connectivity index (χ3n) is 5.07. The zero-order valence-corrected chi connectivity index (χ0v) is 15.0. The summed E-state index contributed by atoms with van der Waals surface area (Å²) in [6.07, 6.45) is 3.05. The summed E-state index contributed by atoms with van der Waals surface area (Å²) < 4.78 is 18.5. The number of likely N-dealkylation sites (tertiary alicyclic amines) is 1. The average molecular weight is 374 g/mol. The van der Waals surface area contributed by atoms with E-state index < -0.39 is 0 Å². The number of hydrogen-bond acceptors (Lipinski definition) is 4. The topological polar surface area (TPSA) is 53.8 Å². The Morgan fingerprint density at radius 1 is 1.19 bits per heavy atom. The lowest BCUT2D eigenvalue weighted by molar-refractivity contribution is -0.132. The number of benzene rings is 1. The highest BCUT2D eigenvalue weighted by atomic mass is 32.2. The van der Waals surface area contributed by atoms with Gasteiger partial charge in [0, 0.05) is 18.7 Å². The number of nitrogens with zero attached hydrogens (tertiary/aromatic N) is 2. The standard InChI is InChI=1S/C19H19FN2O3S/c20-15-5-3-14(4-6-15)18(24)21-9-7-19(8-10-21)22(17(23)13-26-19)12-16-2-1-11-25-16/h1-6,11H,7-10,12-13H2. The summed E-state index contributed by atoms with van der Waals surface area (Å²) in [7, 11) is 0. The van der Waals surface area contributed by atoms with Crippen LogP contribution in [0.3, 0.4) is 0 Å². The quantitative estimate of drug-likeness (QED) is 0.828. The molecular weight excluding hydrogens is 355 g/mol. The van der Waals surface area contributed by atoms with E-state index in [9.17, 15) is 14.0 Å². The number of furan rings is 1. The molecule has 136 valence electrons. The van der Waals surface area contributed by atoms with E-state index in [1.54, 1.807) is 22.9 Å². The summed E-state index contributed by atoms with van der Waals surface area (Å²) in [6.45, 7) is 1.61. The molecule has 2 saturated heterocycles. The largest absolute Gasteiger partial charge is 0.467 e. The maximum absolute atomic E-state index is 13.1. The molecular formula is C19H19FN2O3S. The van der Waals surface area contributed by atoms with Gasteiger partial charge in [0.25, 0.3) is 5.91 Å². The van der Waals surface area contributed by atoms with E-state index in [2.05, 4.69) is 0 Å². The predicted molar refractivity (Wildman–Crippen MR) is 96.0 cm³/mol. The molecule has 2 fully saturated rings. The number of amides is 2. The molecule has 1 aromatic carbocycles. The Bertz CT molecular complexity index is 799. The second-order valence-corrected chi connectivity index (χ2v) is 7.93. The normalized spacial score (nSPS) is 19.3. The van der Waals surface area contributed by atoms with Crippen LogP contribution >= 0.6 is 11.8 Å². The summed E-state index contributed by atoms with van der Waals surface area (Å²) in [5, 5.41) is 0. The zero-order chi connectivity index (χ0) is 18.1. The van der Waals surface area contributed by atoms with Gasteiger partial charge in [0.05, 0.1) is 23.4 Å². The molecule has 0 N–H and O–H groups in total. The number of carbonyl (C=O) groups excluding carboxylic acids is 2. The third-order valence-corrected chi connectivity index (χ3v) is 6.63. The number of rotatable bonds is 3. The van der Waals surface area contributed by atoms with Crippen LogP contribution in [0.15, 0.2) is 47.1 Å². The van der Waals surface area contributed by atoms with Gasteiger partial charge in [-0.05, 0) is 49.2 Å². The van der Waals surface area contributed by atoms with Crippen LogP contribution in [-0.2, 0) is 11.3 Å². The lowest BCUT2D eigenvalue weighted by atomic mass is 10.0. The Morgan fingerprint density at radius 3 is 2.58 bits per heavy atom. The molecule has 0 aliphatic carbocycles. The Kier molecular flexibility index (Phi) is 4.48. The maximum Gasteiger partial charge on any atom is 0.253 e. The molecule has 2 aliphatic rings. The first-order chi connectivity index (χ1) is 12.6. The van der Waals surface area contributed by atoms with Crippen LogP contribution in [0.1, 0.15) is 29.0 Å². The van der Waals surface area contributed by atoms with Gasteiger partial charge in [-0.25, -0.2) is 4.39 Å². The number of piperidine rings is 1. The summed E-state index contributed by atoms with van der Waals surface area (Å²) >= 11 is 1.66. The van der Waals surface area contributed by atoms with Crippen molar-refractivity contribution in [3.8, 4) is 0 Å². The smallest absolute Gasteiger partial charge is 0.253 e. The van der Waals surface area contributed by atoms with Gasteiger partial charge in [0.15, 0.2) is 0 Å². The Balaban J connectivity index is 1.45. The Morgan fingerprint density at radius 2 is 1.92 bits per heavy atom. The fourth-order valence-corrected chi connectivity index (χ4v) is 4.96. The van der Waals surface area contributed by atoms with E-state index in [1.807, 2.05) is 17.0 Å². The van der Waals surface area contributed by atoms with E-state index in [0.717, 1.165) is 18.6 Å². The molecule has 0 saturated carbocycles. The van der Waals surface area contributed by atoms with Gasteiger partial charge in [0.1, 0.15) is 11.6 Å². The van der Waals surface area contributed by atoms with Crippen molar-refractivity contribution in [2.24, 2.45) is 0 Å². The van der Waals surface area contributed by atoms with Crippen LogP contribution < -0.4 is 0 Å². The molecule has 5 nitrogen and oxygen atoms in total. The first kappa shape index (κ1) is 17.1. The van der Waals surface area contributed by atoms with Crippen molar-refractivity contribution < 1.29 is 18.4 Å². The van der Waals surface area contributed by atoms with E-state index in [4.69, 9.17) is 4.42 Å². The molecule has 0 atom stereocenters.